The molecule has 0 saturated heterocycles. The SMILES string of the molecule is Cc1cc2n(n1)C(c1ccc(Cl)c(Cl)c1)Nc1ccccc1-2. The topological polar surface area (TPSA) is 29.9 Å². The Bertz CT molecular complexity index is 870. The van der Waals surface area contributed by atoms with Crippen LogP contribution in [0.4, 0.5) is 5.69 Å². The van der Waals surface area contributed by atoms with Crippen molar-refractivity contribution in [2.45, 2.75) is 13.1 Å². The number of hydrogen-bond donors (Lipinski definition) is 1. The number of anilines is 1. The van der Waals surface area contributed by atoms with E-state index in [1.807, 2.05) is 41.9 Å². The average Bonchev–Trinajstić information content (AvgIpc) is 2.91. The molecule has 4 rings (SSSR count). The number of aryl methyl sites for hydroxylation is 1. The van der Waals surface area contributed by atoms with Crippen LogP contribution in [0, 0.1) is 6.92 Å². The number of nitrogens with one attached hydrogen (secondary N) is 1. The second-order valence-corrected chi connectivity index (χ2v) is 6.20. The predicted molar refractivity (Wildman–Crippen MR) is 90.6 cm³/mol. The van der Waals surface area contributed by atoms with Gasteiger partial charge < -0.3 is 5.32 Å². The molecule has 0 spiro atoms. The number of fused-ring (bicyclic) bond motifs is 3. The van der Waals surface area contributed by atoms with Crippen molar-refractivity contribution in [3.8, 4) is 11.3 Å². The van der Waals surface area contributed by atoms with Crippen molar-refractivity contribution < 1.29 is 0 Å². The summed E-state index contributed by atoms with van der Waals surface area (Å²) in [4.78, 5) is 0. The predicted octanol–water partition coefficient (Wildman–Crippen LogP) is 5.14. The lowest BCUT2D eigenvalue weighted by atomic mass is 10.0. The third kappa shape index (κ3) is 2.09. The van der Waals surface area contributed by atoms with Gasteiger partial charge in [-0.2, -0.15) is 5.10 Å². The largest absolute Gasteiger partial charge is 0.359 e. The second kappa shape index (κ2) is 5.04. The zero-order valence-corrected chi connectivity index (χ0v) is 13.4. The van der Waals surface area contributed by atoms with E-state index in [-0.39, 0.29) is 6.17 Å². The lowest BCUT2D eigenvalue weighted by molar-refractivity contribution is 0.571. The highest BCUT2D eigenvalue weighted by molar-refractivity contribution is 6.42. The summed E-state index contributed by atoms with van der Waals surface area (Å²) in [6.45, 7) is 2.00. The van der Waals surface area contributed by atoms with Crippen LogP contribution in [0.15, 0.2) is 48.5 Å². The van der Waals surface area contributed by atoms with Crippen LogP contribution in [0.1, 0.15) is 17.4 Å². The highest BCUT2D eigenvalue weighted by atomic mass is 35.5. The number of rotatable bonds is 1. The van der Waals surface area contributed by atoms with Crippen molar-refractivity contribution >= 4 is 28.9 Å². The first-order valence-electron chi connectivity index (χ1n) is 7.00. The molecule has 1 atom stereocenters. The quantitative estimate of drug-likeness (QED) is 0.670. The van der Waals surface area contributed by atoms with Crippen LogP contribution in [-0.4, -0.2) is 9.78 Å². The summed E-state index contributed by atoms with van der Waals surface area (Å²) < 4.78 is 2.00. The van der Waals surface area contributed by atoms with E-state index in [2.05, 4.69) is 28.6 Å². The van der Waals surface area contributed by atoms with Gasteiger partial charge in [0.1, 0.15) is 6.17 Å². The third-order valence-corrected chi connectivity index (χ3v) is 4.60. The Balaban J connectivity index is 1.90. The van der Waals surface area contributed by atoms with Crippen molar-refractivity contribution in [1.29, 1.82) is 0 Å². The molecule has 5 heteroatoms. The smallest absolute Gasteiger partial charge is 0.147 e. The minimum Gasteiger partial charge on any atom is -0.359 e. The van der Waals surface area contributed by atoms with E-state index in [0.29, 0.717) is 10.0 Å². The maximum absolute atomic E-state index is 6.18. The van der Waals surface area contributed by atoms with Crippen LogP contribution >= 0.6 is 23.2 Å². The highest BCUT2D eigenvalue weighted by Crippen LogP contribution is 2.39. The highest BCUT2D eigenvalue weighted by Gasteiger charge is 2.26. The molecule has 2 heterocycles. The molecule has 3 aromatic rings. The van der Waals surface area contributed by atoms with Crippen LogP contribution in [-0.2, 0) is 0 Å². The fraction of sp³-hybridized carbons (Fsp3) is 0.118. The van der Waals surface area contributed by atoms with Gasteiger partial charge in [-0.25, -0.2) is 4.68 Å². The summed E-state index contributed by atoms with van der Waals surface area (Å²) >= 11 is 12.2. The average molecular weight is 330 g/mol. The monoisotopic (exact) mass is 329 g/mol. The van der Waals surface area contributed by atoms with Crippen molar-refractivity contribution in [3.63, 3.8) is 0 Å². The maximum atomic E-state index is 6.18. The Morgan fingerprint density at radius 3 is 2.68 bits per heavy atom. The van der Waals surface area contributed by atoms with Gasteiger partial charge in [-0.05, 0) is 36.8 Å². The van der Waals surface area contributed by atoms with Crippen LogP contribution in [0.25, 0.3) is 11.3 Å². The summed E-state index contributed by atoms with van der Waals surface area (Å²) in [5.74, 6) is 0. The van der Waals surface area contributed by atoms with E-state index in [1.54, 1.807) is 0 Å². The number of para-hydroxylation sites is 1. The number of hydrogen-bond acceptors (Lipinski definition) is 2. The molecule has 1 aliphatic heterocycles. The van der Waals surface area contributed by atoms with E-state index < -0.39 is 0 Å². The molecule has 0 aliphatic carbocycles. The molecule has 1 aliphatic rings. The minimum atomic E-state index is -0.103. The van der Waals surface area contributed by atoms with Gasteiger partial charge in [0.05, 0.1) is 21.4 Å². The summed E-state index contributed by atoms with van der Waals surface area (Å²) in [7, 11) is 0. The minimum absolute atomic E-state index is 0.103. The molecule has 1 unspecified atom stereocenters. The van der Waals surface area contributed by atoms with Crippen molar-refractivity contribution in [1.82, 2.24) is 9.78 Å². The molecular weight excluding hydrogens is 317 g/mol. The normalized spacial score (nSPS) is 15.9. The molecule has 110 valence electrons. The molecule has 0 fully saturated rings. The number of halogens is 2. The number of nitrogens with zero attached hydrogens (tertiary/aromatic N) is 2. The van der Waals surface area contributed by atoms with Crippen LogP contribution in [0.3, 0.4) is 0 Å². The first kappa shape index (κ1) is 13.7. The Labute approximate surface area is 138 Å². The molecule has 0 amide bonds. The van der Waals surface area contributed by atoms with Gasteiger partial charge >= 0.3 is 0 Å². The Hall–Kier alpha value is -1.97. The maximum Gasteiger partial charge on any atom is 0.147 e. The van der Waals surface area contributed by atoms with Crippen molar-refractivity contribution in [2.75, 3.05) is 5.32 Å². The fourth-order valence-corrected chi connectivity index (χ4v) is 3.17. The fourth-order valence-electron chi connectivity index (χ4n) is 2.86. The number of benzene rings is 2. The summed E-state index contributed by atoms with van der Waals surface area (Å²) in [5.41, 5.74) is 5.35. The summed E-state index contributed by atoms with van der Waals surface area (Å²) in [6, 6.07) is 16.0. The zero-order valence-electron chi connectivity index (χ0n) is 11.8. The molecule has 0 radical (unpaired) electrons. The molecule has 22 heavy (non-hydrogen) atoms. The van der Waals surface area contributed by atoms with E-state index in [4.69, 9.17) is 23.2 Å². The van der Waals surface area contributed by atoms with Gasteiger partial charge in [-0.15, -0.1) is 0 Å². The molecule has 1 aromatic heterocycles. The van der Waals surface area contributed by atoms with Gasteiger partial charge in [0.25, 0.3) is 0 Å². The van der Waals surface area contributed by atoms with Crippen LogP contribution in [0.2, 0.25) is 10.0 Å². The van der Waals surface area contributed by atoms with E-state index >= 15 is 0 Å². The number of aromatic nitrogens is 2. The standard InChI is InChI=1S/C17H13Cl2N3/c1-10-8-16-12-4-2-3-5-15(12)20-17(22(16)21-10)11-6-7-13(18)14(19)9-11/h2-9,17,20H,1H3. The van der Waals surface area contributed by atoms with E-state index in [0.717, 1.165) is 28.2 Å². The molecule has 0 saturated carbocycles. The Morgan fingerprint density at radius 2 is 1.86 bits per heavy atom. The molecular formula is C17H13Cl2N3. The van der Waals surface area contributed by atoms with Gasteiger partial charge in [0.2, 0.25) is 0 Å². The first-order chi connectivity index (χ1) is 10.6. The lowest BCUT2D eigenvalue weighted by Crippen LogP contribution is -2.25. The molecule has 1 N–H and O–H groups in total. The van der Waals surface area contributed by atoms with Gasteiger partial charge in [0, 0.05) is 11.3 Å². The molecule has 0 bridgehead atoms. The van der Waals surface area contributed by atoms with E-state index in [1.165, 1.54) is 0 Å². The van der Waals surface area contributed by atoms with Crippen LogP contribution < -0.4 is 5.32 Å². The van der Waals surface area contributed by atoms with Gasteiger partial charge in [-0.1, -0.05) is 47.5 Å². The van der Waals surface area contributed by atoms with Crippen LogP contribution in [0.5, 0.6) is 0 Å². The zero-order chi connectivity index (χ0) is 15.3. The van der Waals surface area contributed by atoms with Crippen molar-refractivity contribution in [3.05, 3.63) is 69.8 Å². The second-order valence-electron chi connectivity index (χ2n) is 5.38. The third-order valence-electron chi connectivity index (χ3n) is 3.86. The summed E-state index contributed by atoms with van der Waals surface area (Å²) in [5, 5.41) is 9.27. The molecule has 2 aromatic carbocycles. The lowest BCUT2D eigenvalue weighted by Gasteiger charge is -2.29. The van der Waals surface area contributed by atoms with E-state index in [9.17, 15) is 0 Å². The van der Waals surface area contributed by atoms with Gasteiger partial charge in [0.15, 0.2) is 0 Å². The van der Waals surface area contributed by atoms with Gasteiger partial charge in [-0.3, -0.25) is 0 Å². The summed E-state index contributed by atoms with van der Waals surface area (Å²) in [6.07, 6.45) is -0.103. The Kier molecular flexibility index (Phi) is 3.13. The Morgan fingerprint density at radius 1 is 1.05 bits per heavy atom. The first-order valence-corrected chi connectivity index (χ1v) is 7.76. The van der Waals surface area contributed by atoms with Crippen molar-refractivity contribution in [2.24, 2.45) is 0 Å². The molecule has 3 nitrogen and oxygen atoms in total.